The van der Waals surface area contributed by atoms with E-state index in [4.69, 9.17) is 0 Å². The van der Waals surface area contributed by atoms with Gasteiger partial charge in [-0.1, -0.05) is 42.5 Å². The number of amides is 2. The summed E-state index contributed by atoms with van der Waals surface area (Å²) in [6.45, 7) is 2.57. The van der Waals surface area contributed by atoms with Gasteiger partial charge >= 0.3 is 0 Å². The minimum Gasteiger partial charge on any atom is -0.345 e. The molecule has 0 saturated heterocycles. The monoisotopic (exact) mass is 539 g/mol. The van der Waals surface area contributed by atoms with Crippen LogP contribution in [0.4, 0.5) is 28.8 Å². The molecular formula is C29H33N9O2. The molecule has 0 saturated carbocycles. The van der Waals surface area contributed by atoms with Crippen LogP contribution in [0.3, 0.4) is 0 Å². The Kier molecular flexibility index (Phi) is 9.21. The van der Waals surface area contributed by atoms with Crippen LogP contribution in [-0.2, 0) is 11.8 Å². The molecule has 2 heterocycles. The summed E-state index contributed by atoms with van der Waals surface area (Å²) in [4.78, 5) is 36.6. The van der Waals surface area contributed by atoms with E-state index in [1.807, 2.05) is 69.4 Å². The van der Waals surface area contributed by atoms with Crippen LogP contribution >= 0.6 is 0 Å². The van der Waals surface area contributed by atoms with Gasteiger partial charge in [-0.25, -0.2) is 4.98 Å². The third-order valence-electron chi connectivity index (χ3n) is 5.77. The number of aryl methyl sites for hydroxylation is 1. The van der Waals surface area contributed by atoms with E-state index in [1.165, 1.54) is 12.3 Å². The normalized spacial score (nSPS) is 11.8. The molecule has 0 spiro atoms. The predicted octanol–water partition coefficient (Wildman–Crippen LogP) is 4.24. The van der Waals surface area contributed by atoms with E-state index in [9.17, 15) is 9.59 Å². The molecule has 2 amide bonds. The third-order valence-corrected chi connectivity index (χ3v) is 5.77. The molecule has 0 aliphatic carbocycles. The van der Waals surface area contributed by atoms with Crippen LogP contribution in [-0.4, -0.2) is 57.1 Å². The molecule has 2 aromatic heterocycles. The smallest absolute Gasteiger partial charge is 0.257 e. The molecule has 0 aliphatic heterocycles. The summed E-state index contributed by atoms with van der Waals surface area (Å²) in [7, 11) is 5.67. The summed E-state index contributed by atoms with van der Waals surface area (Å²) in [6, 6.07) is 16.6. The second kappa shape index (κ2) is 13.2. The number of carbonyl (C=O) groups excluding carboxylic acids is 2. The van der Waals surface area contributed by atoms with Gasteiger partial charge in [-0.3, -0.25) is 14.3 Å². The maximum absolute atomic E-state index is 13.3. The number of anilines is 5. The lowest BCUT2D eigenvalue weighted by atomic mass is 10.1. The maximum atomic E-state index is 13.3. The highest BCUT2D eigenvalue weighted by molar-refractivity contribution is 6.00. The summed E-state index contributed by atoms with van der Waals surface area (Å²) < 4.78 is 1.66. The highest BCUT2D eigenvalue weighted by atomic mass is 16.2. The zero-order valence-electron chi connectivity index (χ0n) is 22.9. The number of aromatic nitrogens is 4. The van der Waals surface area contributed by atoms with E-state index < -0.39 is 0 Å². The van der Waals surface area contributed by atoms with Gasteiger partial charge in [0.25, 0.3) is 5.91 Å². The van der Waals surface area contributed by atoms with Crippen molar-refractivity contribution in [1.82, 2.24) is 30.0 Å². The van der Waals surface area contributed by atoms with Gasteiger partial charge in [-0.15, -0.1) is 0 Å². The highest BCUT2D eigenvalue weighted by Gasteiger charge is 2.18. The Balaban J connectivity index is 1.57. The topological polar surface area (TPSA) is 129 Å². The lowest BCUT2D eigenvalue weighted by Crippen LogP contribution is -2.27. The van der Waals surface area contributed by atoms with Gasteiger partial charge in [0, 0.05) is 43.4 Å². The van der Waals surface area contributed by atoms with Crippen molar-refractivity contribution in [1.29, 1.82) is 0 Å². The standard InChI is InChI=1S/C29H33N9O2/c1-20(21-10-6-5-7-11-21)32-28(40)25-18-30-29(35-24-17-31-38(4)19-24)36-27(25)34-23-13-8-12-22(16-23)33-26(39)14-9-15-37(2)3/h5-14,16-20H,15H2,1-4H3,(H,32,40)(H,33,39)(H2,30,34,35,36)/b14-9+. The summed E-state index contributed by atoms with van der Waals surface area (Å²) in [6.07, 6.45) is 8.20. The number of nitrogens with one attached hydrogen (secondary N) is 4. The number of nitrogens with zero attached hydrogens (tertiary/aromatic N) is 5. The van der Waals surface area contributed by atoms with Crippen LogP contribution < -0.4 is 21.3 Å². The lowest BCUT2D eigenvalue weighted by Gasteiger charge is -2.17. The molecule has 0 radical (unpaired) electrons. The van der Waals surface area contributed by atoms with Crippen molar-refractivity contribution in [3.8, 4) is 0 Å². The van der Waals surface area contributed by atoms with Crippen LogP contribution in [0.15, 0.2) is 85.3 Å². The Labute approximate surface area is 233 Å². The molecule has 0 fully saturated rings. The van der Waals surface area contributed by atoms with Crippen molar-refractivity contribution in [3.63, 3.8) is 0 Å². The Morgan fingerprint density at radius 3 is 2.50 bits per heavy atom. The van der Waals surface area contributed by atoms with Crippen molar-refractivity contribution >= 4 is 40.6 Å². The number of hydrogen-bond donors (Lipinski definition) is 4. The molecule has 11 nitrogen and oxygen atoms in total. The van der Waals surface area contributed by atoms with Crippen molar-refractivity contribution in [2.75, 3.05) is 36.6 Å². The fourth-order valence-corrected chi connectivity index (χ4v) is 3.78. The van der Waals surface area contributed by atoms with Crippen molar-refractivity contribution < 1.29 is 9.59 Å². The average molecular weight is 540 g/mol. The van der Waals surface area contributed by atoms with Crippen LogP contribution in [0, 0.1) is 0 Å². The van der Waals surface area contributed by atoms with E-state index >= 15 is 0 Å². The van der Waals surface area contributed by atoms with E-state index in [1.54, 1.807) is 41.4 Å². The van der Waals surface area contributed by atoms with Crippen LogP contribution in [0.5, 0.6) is 0 Å². The first-order valence-electron chi connectivity index (χ1n) is 12.7. The molecule has 0 aliphatic rings. The molecule has 2 aromatic carbocycles. The molecule has 4 rings (SSSR count). The molecule has 0 bridgehead atoms. The van der Waals surface area contributed by atoms with Crippen molar-refractivity contribution in [2.24, 2.45) is 7.05 Å². The van der Waals surface area contributed by atoms with Crippen LogP contribution in [0.1, 0.15) is 28.9 Å². The molecule has 206 valence electrons. The number of carbonyl (C=O) groups is 2. The second-order valence-corrected chi connectivity index (χ2v) is 9.45. The summed E-state index contributed by atoms with van der Waals surface area (Å²) in [5, 5.41) is 16.3. The molecule has 11 heteroatoms. The van der Waals surface area contributed by atoms with Gasteiger partial charge in [0.05, 0.1) is 17.9 Å². The Morgan fingerprint density at radius 2 is 1.77 bits per heavy atom. The first-order valence-corrected chi connectivity index (χ1v) is 12.7. The summed E-state index contributed by atoms with van der Waals surface area (Å²) in [5.74, 6) is 0.0216. The summed E-state index contributed by atoms with van der Waals surface area (Å²) >= 11 is 0. The molecule has 4 N–H and O–H groups in total. The average Bonchev–Trinajstić information content (AvgIpc) is 3.33. The first-order chi connectivity index (χ1) is 19.3. The van der Waals surface area contributed by atoms with Gasteiger partial charge in [0.2, 0.25) is 11.9 Å². The van der Waals surface area contributed by atoms with Gasteiger partial charge in [0.1, 0.15) is 11.4 Å². The molecule has 40 heavy (non-hydrogen) atoms. The minimum atomic E-state index is -0.331. The summed E-state index contributed by atoms with van der Waals surface area (Å²) in [5.41, 5.74) is 3.17. The fraction of sp³-hybridized carbons (Fsp3) is 0.207. The van der Waals surface area contributed by atoms with Crippen LogP contribution in [0.25, 0.3) is 0 Å². The van der Waals surface area contributed by atoms with E-state index in [0.717, 1.165) is 5.56 Å². The van der Waals surface area contributed by atoms with E-state index in [-0.39, 0.29) is 23.4 Å². The fourth-order valence-electron chi connectivity index (χ4n) is 3.78. The SMILES string of the molecule is CC(NC(=O)c1cnc(Nc2cnn(C)c2)nc1Nc1cccc(NC(=O)/C=C/CN(C)C)c1)c1ccccc1. The van der Waals surface area contributed by atoms with E-state index in [2.05, 4.69) is 36.3 Å². The second-order valence-electron chi connectivity index (χ2n) is 9.45. The number of benzene rings is 2. The lowest BCUT2D eigenvalue weighted by molar-refractivity contribution is -0.111. The largest absolute Gasteiger partial charge is 0.345 e. The highest BCUT2D eigenvalue weighted by Crippen LogP contribution is 2.24. The third kappa shape index (κ3) is 7.98. The van der Waals surface area contributed by atoms with Gasteiger partial charge < -0.3 is 26.2 Å². The van der Waals surface area contributed by atoms with Crippen molar-refractivity contribution in [3.05, 3.63) is 96.5 Å². The van der Waals surface area contributed by atoms with E-state index in [0.29, 0.717) is 35.4 Å². The molecule has 1 atom stereocenters. The number of likely N-dealkylation sites (N-methyl/N-ethyl adjacent to an activating group) is 1. The first kappa shape index (κ1) is 28.0. The van der Waals surface area contributed by atoms with Crippen molar-refractivity contribution in [2.45, 2.75) is 13.0 Å². The molecule has 1 unspecified atom stereocenters. The molecular weight excluding hydrogens is 506 g/mol. The van der Waals surface area contributed by atoms with Gasteiger partial charge in [-0.2, -0.15) is 10.1 Å². The predicted molar refractivity (Wildman–Crippen MR) is 157 cm³/mol. The van der Waals surface area contributed by atoms with Gasteiger partial charge in [0.15, 0.2) is 0 Å². The van der Waals surface area contributed by atoms with Gasteiger partial charge in [-0.05, 0) is 44.8 Å². The molecule has 4 aromatic rings. The quantitative estimate of drug-likeness (QED) is 0.208. The zero-order chi connectivity index (χ0) is 28.5. The van der Waals surface area contributed by atoms with Crippen LogP contribution in [0.2, 0.25) is 0 Å². The number of rotatable bonds is 11. The zero-order valence-corrected chi connectivity index (χ0v) is 22.9. The Hall–Kier alpha value is -5.03. The maximum Gasteiger partial charge on any atom is 0.257 e. The Bertz CT molecular complexity index is 1480. The number of hydrogen-bond acceptors (Lipinski definition) is 8. The Morgan fingerprint density at radius 1 is 1.00 bits per heavy atom. The minimum absolute atomic E-state index is 0.228.